The highest BCUT2D eigenvalue weighted by Gasteiger charge is 2.50. The van der Waals surface area contributed by atoms with E-state index in [1.54, 1.807) is 18.2 Å². The number of amides is 1. The molecule has 0 aromatic heterocycles. The second-order valence-electron chi connectivity index (χ2n) is 9.53. The van der Waals surface area contributed by atoms with Gasteiger partial charge in [0.15, 0.2) is 9.84 Å². The van der Waals surface area contributed by atoms with E-state index >= 15 is 0 Å². The Morgan fingerprint density at radius 3 is 2.32 bits per heavy atom. The maximum atomic E-state index is 12.9. The van der Waals surface area contributed by atoms with Gasteiger partial charge in [0.1, 0.15) is 12.4 Å². The number of nitrogens with one attached hydrogen (secondary N) is 1. The third kappa shape index (κ3) is 5.86. The van der Waals surface area contributed by atoms with Crippen LogP contribution in [0.2, 0.25) is 5.02 Å². The monoisotopic (exact) mass is 490 g/mol. The van der Waals surface area contributed by atoms with Crippen molar-refractivity contribution < 1.29 is 17.9 Å². The molecule has 31 heavy (non-hydrogen) atoms. The molecule has 5 rings (SSSR count). The van der Waals surface area contributed by atoms with Crippen LogP contribution in [0.4, 0.5) is 0 Å². The lowest BCUT2D eigenvalue weighted by molar-refractivity contribution is -0.0503. The summed E-state index contributed by atoms with van der Waals surface area (Å²) in [7, 11) is -3.22. The van der Waals surface area contributed by atoms with Gasteiger partial charge < -0.3 is 15.8 Å². The highest BCUT2D eigenvalue weighted by atomic mass is 35.5. The van der Waals surface area contributed by atoms with Gasteiger partial charge in [0.05, 0.1) is 22.1 Å². The smallest absolute Gasteiger partial charge is 0.252 e. The summed E-state index contributed by atoms with van der Waals surface area (Å²) < 4.78 is 29.1. The summed E-state index contributed by atoms with van der Waals surface area (Å²) in [5.74, 6) is 2.58. The molecule has 6 nitrogen and oxygen atoms in total. The van der Waals surface area contributed by atoms with Crippen LogP contribution in [0.1, 0.15) is 48.9 Å². The Morgan fingerprint density at radius 1 is 1.13 bits per heavy atom. The lowest BCUT2D eigenvalue weighted by Crippen LogP contribution is -2.51. The minimum Gasteiger partial charge on any atom is -0.493 e. The lowest BCUT2D eigenvalue weighted by Gasteiger charge is -2.56. The minimum atomic E-state index is -3.22. The molecule has 9 heteroatoms. The first kappa shape index (κ1) is 24.6. The molecule has 0 aliphatic heterocycles. The van der Waals surface area contributed by atoms with Gasteiger partial charge in [-0.1, -0.05) is 11.6 Å². The zero-order valence-corrected chi connectivity index (χ0v) is 20.0. The second-order valence-corrected chi connectivity index (χ2v) is 12.2. The van der Waals surface area contributed by atoms with E-state index in [0.29, 0.717) is 22.9 Å². The highest BCUT2D eigenvalue weighted by molar-refractivity contribution is 7.91. The average Bonchev–Trinajstić information content (AvgIpc) is 2.66. The molecule has 174 valence electrons. The van der Waals surface area contributed by atoms with E-state index in [4.69, 9.17) is 22.1 Å². The quantitative estimate of drug-likeness (QED) is 0.551. The third-order valence-electron chi connectivity index (χ3n) is 7.06. The van der Waals surface area contributed by atoms with E-state index in [0.717, 1.165) is 17.8 Å². The molecule has 1 amide bonds. The van der Waals surface area contributed by atoms with Gasteiger partial charge in [0.25, 0.3) is 5.91 Å². The van der Waals surface area contributed by atoms with Gasteiger partial charge in [-0.25, -0.2) is 8.42 Å². The van der Waals surface area contributed by atoms with E-state index in [2.05, 4.69) is 5.32 Å². The Morgan fingerprint density at radius 2 is 1.74 bits per heavy atom. The molecule has 0 heterocycles. The van der Waals surface area contributed by atoms with Crippen LogP contribution in [0, 0.1) is 23.2 Å². The van der Waals surface area contributed by atoms with Crippen molar-refractivity contribution in [2.75, 3.05) is 31.2 Å². The van der Waals surface area contributed by atoms with Gasteiger partial charge in [-0.3, -0.25) is 4.79 Å². The summed E-state index contributed by atoms with van der Waals surface area (Å²) in [6.07, 6.45) is 7.81. The van der Waals surface area contributed by atoms with Crippen LogP contribution in [0.3, 0.4) is 0 Å². The number of hydrogen-bond acceptors (Lipinski definition) is 5. The van der Waals surface area contributed by atoms with Crippen LogP contribution in [0.25, 0.3) is 0 Å². The van der Waals surface area contributed by atoms with E-state index in [1.165, 1.54) is 38.5 Å². The Kier molecular flexibility index (Phi) is 7.83. The van der Waals surface area contributed by atoms with Crippen molar-refractivity contribution in [3.8, 4) is 5.75 Å². The van der Waals surface area contributed by atoms with Crippen LogP contribution in [0.5, 0.6) is 5.75 Å². The lowest BCUT2D eigenvalue weighted by atomic mass is 9.49. The van der Waals surface area contributed by atoms with Crippen LogP contribution in [0.15, 0.2) is 18.2 Å². The normalized spacial score (nSPS) is 28.8. The largest absolute Gasteiger partial charge is 0.493 e. The highest BCUT2D eigenvalue weighted by Crippen LogP contribution is 2.59. The molecular weight excluding hydrogens is 459 g/mol. The molecule has 0 unspecified atom stereocenters. The molecule has 0 spiro atoms. The van der Waals surface area contributed by atoms with Crippen molar-refractivity contribution in [1.29, 1.82) is 0 Å². The van der Waals surface area contributed by atoms with Crippen LogP contribution in [-0.2, 0) is 9.84 Å². The standard InChI is InChI=1S/C22H31ClN2O4S.ClH/c23-20-2-1-18(29-4-6-30(27,28)5-3-24)10-19(20)21(26)25-14-22-11-15-7-16(12-22)9-17(8-15)13-22;/h1-2,10,15-17H,3-9,11-14,24H2,(H,25,26);1H. The number of carbonyl (C=O) groups excluding carboxylic acids is 1. The van der Waals surface area contributed by atoms with E-state index in [9.17, 15) is 13.2 Å². The Balaban J connectivity index is 0.00000272. The Hall–Kier alpha value is -1.02. The summed E-state index contributed by atoms with van der Waals surface area (Å²) >= 11 is 6.27. The SMILES string of the molecule is Cl.NCCS(=O)(=O)CCOc1ccc(Cl)c(C(=O)NCC23CC4CC(CC(C4)C2)C3)c1. The van der Waals surface area contributed by atoms with Crippen molar-refractivity contribution >= 4 is 39.8 Å². The molecule has 4 saturated carbocycles. The van der Waals surface area contributed by atoms with Crippen LogP contribution >= 0.6 is 24.0 Å². The Labute approximate surface area is 195 Å². The van der Waals surface area contributed by atoms with Crippen molar-refractivity contribution in [1.82, 2.24) is 5.32 Å². The number of carbonyl (C=O) groups is 1. The molecule has 0 atom stereocenters. The summed E-state index contributed by atoms with van der Waals surface area (Å²) in [5, 5.41) is 3.49. The van der Waals surface area contributed by atoms with Gasteiger partial charge >= 0.3 is 0 Å². The third-order valence-corrected chi connectivity index (χ3v) is 9.04. The number of benzene rings is 1. The fourth-order valence-corrected chi connectivity index (χ4v) is 7.31. The molecular formula is C22H32Cl2N2O4S. The predicted molar refractivity (Wildman–Crippen MR) is 125 cm³/mol. The van der Waals surface area contributed by atoms with Gasteiger partial charge in [0, 0.05) is 13.1 Å². The average molecular weight is 491 g/mol. The number of sulfone groups is 1. The molecule has 0 saturated heterocycles. The van der Waals surface area contributed by atoms with Crippen molar-refractivity contribution in [3.05, 3.63) is 28.8 Å². The number of ether oxygens (including phenoxy) is 1. The van der Waals surface area contributed by atoms with Gasteiger partial charge in [-0.2, -0.15) is 0 Å². The van der Waals surface area contributed by atoms with Gasteiger partial charge in [0.2, 0.25) is 0 Å². The van der Waals surface area contributed by atoms with E-state index in [-0.39, 0.29) is 48.4 Å². The van der Waals surface area contributed by atoms with Crippen LogP contribution in [-0.4, -0.2) is 45.5 Å². The number of halogens is 2. The van der Waals surface area contributed by atoms with Crippen LogP contribution < -0.4 is 15.8 Å². The molecule has 4 fully saturated rings. The molecule has 4 aliphatic carbocycles. The maximum absolute atomic E-state index is 12.9. The van der Waals surface area contributed by atoms with Gasteiger partial charge in [-0.05, 0) is 79.9 Å². The molecule has 4 bridgehead atoms. The van der Waals surface area contributed by atoms with E-state index < -0.39 is 9.84 Å². The molecule has 0 radical (unpaired) electrons. The van der Waals surface area contributed by atoms with E-state index in [1.807, 2.05) is 0 Å². The van der Waals surface area contributed by atoms with Gasteiger partial charge in [-0.15, -0.1) is 12.4 Å². The second kappa shape index (κ2) is 9.86. The zero-order chi connectivity index (χ0) is 21.4. The molecule has 4 aliphatic rings. The maximum Gasteiger partial charge on any atom is 0.252 e. The topological polar surface area (TPSA) is 98.5 Å². The number of hydrogen-bond donors (Lipinski definition) is 2. The molecule has 1 aromatic rings. The summed E-state index contributed by atoms with van der Waals surface area (Å²) in [6.45, 7) is 0.809. The fourth-order valence-electron chi connectivity index (χ4n) is 6.21. The summed E-state index contributed by atoms with van der Waals surface area (Å²) in [5.41, 5.74) is 5.93. The predicted octanol–water partition coefficient (Wildman–Crippen LogP) is 3.46. The first-order valence-corrected chi connectivity index (χ1v) is 13.1. The molecule has 1 aromatic carbocycles. The number of rotatable bonds is 9. The van der Waals surface area contributed by atoms with Crippen molar-refractivity contribution in [2.24, 2.45) is 28.9 Å². The first-order valence-electron chi connectivity index (χ1n) is 10.9. The fraction of sp³-hybridized carbons (Fsp3) is 0.682. The summed E-state index contributed by atoms with van der Waals surface area (Å²) in [6, 6.07) is 4.85. The Bertz CT molecular complexity index is 871. The first-order chi connectivity index (χ1) is 14.3. The summed E-state index contributed by atoms with van der Waals surface area (Å²) in [4.78, 5) is 12.9. The zero-order valence-electron chi connectivity index (χ0n) is 17.6. The molecule has 3 N–H and O–H groups in total. The van der Waals surface area contributed by atoms with Crippen molar-refractivity contribution in [3.63, 3.8) is 0 Å². The minimum absolute atomic E-state index is 0. The van der Waals surface area contributed by atoms with Crippen molar-refractivity contribution in [2.45, 2.75) is 38.5 Å². The number of nitrogens with two attached hydrogens (primary N) is 1.